The second kappa shape index (κ2) is 5.63. The number of thiophene rings is 1. The molecule has 0 aliphatic carbocycles. The van der Waals surface area contributed by atoms with Crippen LogP contribution in [0.3, 0.4) is 0 Å². The second-order valence-corrected chi connectivity index (χ2v) is 9.05. The van der Waals surface area contributed by atoms with Gasteiger partial charge in [-0.25, -0.2) is 9.36 Å². The van der Waals surface area contributed by atoms with Crippen molar-refractivity contribution in [2.24, 2.45) is 0 Å². The quantitative estimate of drug-likeness (QED) is 0.760. The van der Waals surface area contributed by atoms with Gasteiger partial charge in [-0.2, -0.15) is 0 Å². The van der Waals surface area contributed by atoms with Crippen LogP contribution >= 0.6 is 23.1 Å². The van der Waals surface area contributed by atoms with E-state index in [0.29, 0.717) is 15.9 Å². The summed E-state index contributed by atoms with van der Waals surface area (Å²) < 4.78 is 1.40. The van der Waals surface area contributed by atoms with E-state index in [-0.39, 0.29) is 16.0 Å². The molecule has 1 aromatic carbocycles. The molecule has 1 unspecified atom stereocenters. The lowest BCUT2D eigenvalue weighted by molar-refractivity contribution is 0.611. The third-order valence-electron chi connectivity index (χ3n) is 4.80. The molecule has 1 aliphatic heterocycles. The summed E-state index contributed by atoms with van der Waals surface area (Å²) in [5.41, 5.74) is 1.16. The molecule has 0 fully saturated rings. The Morgan fingerprint density at radius 2 is 2.00 bits per heavy atom. The Morgan fingerprint density at radius 1 is 1.25 bits per heavy atom. The summed E-state index contributed by atoms with van der Waals surface area (Å²) in [6.07, 6.45) is 1.93. The average Bonchev–Trinajstić information content (AvgIpc) is 2.93. The number of fused-ring (bicyclic) bond motifs is 3. The molecule has 0 amide bonds. The first-order chi connectivity index (χ1) is 11.5. The standard InChI is InChI=1S/C18H18N2O2S2/c1-3-18(2)9-12-13(10-23-18)24-15-14(12)16(21)20(17(22)19-15)11-7-5-4-6-8-11/h4-8H,3,9-10H2,1-2H3,(H,19,22). The van der Waals surface area contributed by atoms with Gasteiger partial charge in [-0.3, -0.25) is 9.78 Å². The Morgan fingerprint density at radius 3 is 2.71 bits per heavy atom. The number of nitrogens with one attached hydrogen (secondary N) is 1. The topological polar surface area (TPSA) is 54.9 Å². The highest BCUT2D eigenvalue weighted by atomic mass is 32.2. The molecular weight excluding hydrogens is 340 g/mol. The molecule has 0 saturated carbocycles. The number of aromatic amines is 1. The summed E-state index contributed by atoms with van der Waals surface area (Å²) in [4.78, 5) is 30.4. The largest absolute Gasteiger partial charge is 0.334 e. The van der Waals surface area contributed by atoms with Crippen LogP contribution in [0, 0.1) is 0 Å². The summed E-state index contributed by atoms with van der Waals surface area (Å²) in [7, 11) is 0. The zero-order chi connectivity index (χ0) is 16.9. The number of rotatable bonds is 2. The van der Waals surface area contributed by atoms with E-state index in [9.17, 15) is 9.59 Å². The highest BCUT2D eigenvalue weighted by molar-refractivity contribution is 8.00. The maximum absolute atomic E-state index is 13.1. The molecule has 124 valence electrons. The number of nitrogens with zero attached hydrogens (tertiary/aromatic N) is 1. The Hall–Kier alpha value is -1.79. The van der Waals surface area contributed by atoms with E-state index in [1.807, 2.05) is 30.0 Å². The zero-order valence-corrected chi connectivity index (χ0v) is 15.2. The molecule has 1 aliphatic rings. The number of hydrogen-bond donors (Lipinski definition) is 1. The minimum absolute atomic E-state index is 0.154. The van der Waals surface area contributed by atoms with Crippen LogP contribution in [0.25, 0.3) is 15.9 Å². The van der Waals surface area contributed by atoms with Crippen LogP contribution in [-0.4, -0.2) is 14.3 Å². The normalized spacial score (nSPS) is 20.2. The van der Waals surface area contributed by atoms with Crippen molar-refractivity contribution in [1.82, 2.24) is 9.55 Å². The zero-order valence-electron chi connectivity index (χ0n) is 13.6. The lowest BCUT2D eigenvalue weighted by Crippen LogP contribution is -2.34. The third kappa shape index (κ3) is 2.36. The van der Waals surface area contributed by atoms with Crippen molar-refractivity contribution in [1.29, 1.82) is 0 Å². The molecular formula is C18H18N2O2S2. The van der Waals surface area contributed by atoms with Crippen molar-refractivity contribution in [3.63, 3.8) is 0 Å². The van der Waals surface area contributed by atoms with Crippen LogP contribution in [-0.2, 0) is 12.2 Å². The molecule has 0 radical (unpaired) electrons. The van der Waals surface area contributed by atoms with Gasteiger partial charge in [0.2, 0.25) is 0 Å². The predicted molar refractivity (Wildman–Crippen MR) is 102 cm³/mol. The molecule has 0 spiro atoms. The van der Waals surface area contributed by atoms with Gasteiger partial charge in [-0.15, -0.1) is 23.1 Å². The van der Waals surface area contributed by atoms with Gasteiger partial charge >= 0.3 is 5.69 Å². The second-order valence-electron chi connectivity index (χ2n) is 6.38. The van der Waals surface area contributed by atoms with Gasteiger partial charge in [-0.05, 0) is 30.5 Å². The number of hydrogen-bond acceptors (Lipinski definition) is 4. The minimum atomic E-state index is -0.372. The Bertz CT molecular complexity index is 1030. The first-order valence-electron chi connectivity index (χ1n) is 8.01. The van der Waals surface area contributed by atoms with Crippen LogP contribution in [0.5, 0.6) is 0 Å². The maximum Gasteiger partial charge on any atom is 0.334 e. The number of benzene rings is 1. The van der Waals surface area contributed by atoms with Gasteiger partial charge in [-0.1, -0.05) is 32.0 Å². The number of H-pyrrole nitrogens is 1. The van der Waals surface area contributed by atoms with Crippen LogP contribution in [0.2, 0.25) is 0 Å². The first-order valence-corrected chi connectivity index (χ1v) is 9.81. The molecule has 4 nitrogen and oxygen atoms in total. The van der Waals surface area contributed by atoms with Gasteiger partial charge in [0.15, 0.2) is 0 Å². The monoisotopic (exact) mass is 358 g/mol. The number of para-hydroxylation sites is 1. The Balaban J connectivity index is 2.01. The summed E-state index contributed by atoms with van der Waals surface area (Å²) >= 11 is 3.50. The highest BCUT2D eigenvalue weighted by Crippen LogP contribution is 2.45. The molecule has 24 heavy (non-hydrogen) atoms. The van der Waals surface area contributed by atoms with Crippen LogP contribution in [0.1, 0.15) is 30.7 Å². The molecule has 3 heterocycles. The molecule has 1 N–H and O–H groups in total. The average molecular weight is 358 g/mol. The minimum Gasteiger partial charge on any atom is -0.298 e. The first kappa shape index (κ1) is 15.7. The molecule has 4 rings (SSSR count). The van der Waals surface area contributed by atoms with Crippen molar-refractivity contribution in [2.45, 2.75) is 37.2 Å². The van der Waals surface area contributed by atoms with Gasteiger partial charge < -0.3 is 0 Å². The van der Waals surface area contributed by atoms with Crippen molar-refractivity contribution in [3.8, 4) is 5.69 Å². The Kier molecular flexibility index (Phi) is 3.69. The van der Waals surface area contributed by atoms with Gasteiger partial charge in [0.25, 0.3) is 5.56 Å². The van der Waals surface area contributed by atoms with Crippen molar-refractivity contribution in [3.05, 3.63) is 61.6 Å². The molecule has 2 aromatic heterocycles. The third-order valence-corrected chi connectivity index (χ3v) is 7.69. The lowest BCUT2D eigenvalue weighted by atomic mass is 9.96. The summed E-state index contributed by atoms with van der Waals surface area (Å²) in [5, 5.41) is 0.693. The molecule has 0 saturated heterocycles. The Labute approximate surface area is 147 Å². The van der Waals surface area contributed by atoms with E-state index in [2.05, 4.69) is 18.8 Å². The number of aromatic nitrogens is 2. The lowest BCUT2D eigenvalue weighted by Gasteiger charge is -2.31. The maximum atomic E-state index is 13.1. The van der Waals surface area contributed by atoms with E-state index in [1.165, 1.54) is 9.44 Å². The van der Waals surface area contributed by atoms with Gasteiger partial charge in [0.05, 0.1) is 11.1 Å². The fraction of sp³-hybridized carbons (Fsp3) is 0.333. The van der Waals surface area contributed by atoms with E-state index >= 15 is 0 Å². The van der Waals surface area contributed by atoms with Gasteiger partial charge in [0.1, 0.15) is 4.83 Å². The summed E-state index contributed by atoms with van der Waals surface area (Å²) in [6.45, 7) is 4.45. The molecule has 1 atom stereocenters. The summed E-state index contributed by atoms with van der Waals surface area (Å²) in [5.74, 6) is 0.909. The fourth-order valence-corrected chi connectivity index (χ4v) is 5.70. The van der Waals surface area contributed by atoms with Crippen LogP contribution in [0.15, 0.2) is 39.9 Å². The van der Waals surface area contributed by atoms with E-state index in [0.717, 1.165) is 24.2 Å². The van der Waals surface area contributed by atoms with E-state index in [1.54, 1.807) is 23.5 Å². The SMILES string of the molecule is CCC1(C)Cc2c(sc3[nH]c(=O)n(-c4ccccc4)c(=O)c23)CS1. The van der Waals surface area contributed by atoms with Crippen LogP contribution in [0.4, 0.5) is 0 Å². The molecule has 3 aromatic rings. The van der Waals surface area contributed by atoms with Gasteiger partial charge in [0, 0.05) is 15.4 Å². The molecule has 6 heteroatoms. The molecule has 0 bridgehead atoms. The highest BCUT2D eigenvalue weighted by Gasteiger charge is 2.32. The van der Waals surface area contributed by atoms with E-state index < -0.39 is 0 Å². The van der Waals surface area contributed by atoms with Crippen LogP contribution < -0.4 is 11.2 Å². The summed E-state index contributed by atoms with van der Waals surface area (Å²) in [6, 6.07) is 9.11. The van der Waals surface area contributed by atoms with Crippen molar-refractivity contribution in [2.75, 3.05) is 0 Å². The predicted octanol–water partition coefficient (Wildman–Crippen LogP) is 3.70. The fourth-order valence-electron chi connectivity index (χ4n) is 3.19. The van der Waals surface area contributed by atoms with Crippen molar-refractivity contribution < 1.29 is 0 Å². The number of thioether (sulfide) groups is 1. The smallest absolute Gasteiger partial charge is 0.298 e. The van der Waals surface area contributed by atoms with Crippen molar-refractivity contribution >= 4 is 33.3 Å². The van der Waals surface area contributed by atoms with E-state index in [4.69, 9.17) is 0 Å².